The molecule has 3 aliphatic carbocycles. The number of halogens is 1. The Kier molecular flexibility index (Phi) is 6.94. The van der Waals surface area contributed by atoms with Crippen molar-refractivity contribution in [2.75, 3.05) is 5.32 Å². The molecule has 2 N–H and O–H groups in total. The average Bonchev–Trinajstić information content (AvgIpc) is 2.84. The Morgan fingerprint density at radius 1 is 1.09 bits per heavy atom. The second kappa shape index (κ2) is 10.1. The first-order chi connectivity index (χ1) is 16.6. The maximum atomic E-state index is 14.1. The summed E-state index contributed by atoms with van der Waals surface area (Å²) in [6.07, 6.45) is 10.6. The number of carbonyl (C=O) groups is 1. The van der Waals surface area contributed by atoms with Gasteiger partial charge in [-0.3, -0.25) is 4.79 Å². The topological polar surface area (TPSA) is 71.5 Å². The van der Waals surface area contributed by atoms with E-state index >= 15 is 0 Å². The molecule has 6 heteroatoms. The van der Waals surface area contributed by atoms with Crippen LogP contribution in [0.5, 0.6) is 5.75 Å². The van der Waals surface area contributed by atoms with Gasteiger partial charge < -0.3 is 15.2 Å². The average molecular weight is 469 g/mol. The van der Waals surface area contributed by atoms with E-state index in [2.05, 4.69) is 12.2 Å². The molecule has 2 unspecified atom stereocenters. The second-order valence-corrected chi connectivity index (χ2v) is 10.7. The van der Waals surface area contributed by atoms with Crippen molar-refractivity contribution in [3.63, 3.8) is 0 Å². The number of hydrogen-bond acceptors (Lipinski definition) is 4. The smallest absolute Gasteiger partial charge is 0.306 e. The monoisotopic (exact) mass is 468 g/mol. The van der Waals surface area contributed by atoms with E-state index in [0.29, 0.717) is 23.1 Å². The van der Waals surface area contributed by atoms with Gasteiger partial charge in [-0.05, 0) is 93.4 Å². The van der Waals surface area contributed by atoms with Gasteiger partial charge in [-0.1, -0.05) is 19.8 Å². The van der Waals surface area contributed by atoms with Crippen molar-refractivity contribution in [2.24, 2.45) is 23.7 Å². The Labute approximate surface area is 201 Å². The zero-order valence-electron chi connectivity index (χ0n) is 20.1. The summed E-state index contributed by atoms with van der Waals surface area (Å²) in [5.41, 5.74) is 1.36. The second-order valence-electron chi connectivity index (χ2n) is 10.7. The molecule has 0 radical (unpaired) electrons. The van der Waals surface area contributed by atoms with Crippen LogP contribution in [0.25, 0.3) is 10.9 Å². The van der Waals surface area contributed by atoms with Crippen LogP contribution >= 0.6 is 0 Å². The molecule has 0 aliphatic heterocycles. The Hall–Kier alpha value is -2.37. The van der Waals surface area contributed by atoms with Crippen molar-refractivity contribution < 1.29 is 19.0 Å². The molecule has 34 heavy (non-hydrogen) atoms. The lowest BCUT2D eigenvalue weighted by Crippen LogP contribution is -2.46. The highest BCUT2D eigenvalue weighted by molar-refractivity contribution is 5.86. The number of pyridine rings is 1. The summed E-state index contributed by atoms with van der Waals surface area (Å²) in [6.45, 7) is 1.68. The summed E-state index contributed by atoms with van der Waals surface area (Å²) >= 11 is 0. The van der Waals surface area contributed by atoms with Gasteiger partial charge in [0, 0.05) is 17.0 Å². The van der Waals surface area contributed by atoms with E-state index in [1.165, 1.54) is 25.7 Å². The molecule has 2 atom stereocenters. The number of ether oxygens (including phenoxy) is 1. The molecule has 0 saturated heterocycles. The molecule has 2 bridgehead atoms. The summed E-state index contributed by atoms with van der Waals surface area (Å²) in [7, 11) is 0. The molecule has 2 aromatic rings. The maximum Gasteiger partial charge on any atom is 0.306 e. The normalized spacial score (nSPS) is 31.2. The minimum absolute atomic E-state index is 0.166. The summed E-state index contributed by atoms with van der Waals surface area (Å²) in [6, 6.07) is 7.98. The quantitative estimate of drug-likeness (QED) is 0.471. The first kappa shape index (κ1) is 23.4. The number of anilines is 1. The van der Waals surface area contributed by atoms with Crippen LogP contribution in [0.3, 0.4) is 0 Å². The summed E-state index contributed by atoms with van der Waals surface area (Å²) in [5, 5.41) is 14.0. The number of nitrogens with one attached hydrogen (secondary N) is 1. The van der Waals surface area contributed by atoms with Gasteiger partial charge >= 0.3 is 5.97 Å². The minimum Gasteiger partial charge on any atom is -0.490 e. The summed E-state index contributed by atoms with van der Waals surface area (Å²) in [4.78, 5) is 16.4. The van der Waals surface area contributed by atoms with Crippen LogP contribution in [0.1, 0.15) is 76.7 Å². The number of aliphatic carboxylic acids is 1. The SMILES string of the molecule is CC[C@H]1CC[C@@H](Oc2ccc3nc(NC4C5CCCC4CC(C(=O)O)C5)ccc3c2CF)CC1. The predicted molar refractivity (Wildman–Crippen MR) is 132 cm³/mol. The number of benzene rings is 1. The Morgan fingerprint density at radius 2 is 1.82 bits per heavy atom. The number of rotatable bonds is 7. The molecule has 0 amide bonds. The molecule has 5 nitrogen and oxygen atoms in total. The van der Waals surface area contributed by atoms with Gasteiger partial charge in [0.15, 0.2) is 0 Å². The van der Waals surface area contributed by atoms with Crippen LogP contribution in [-0.4, -0.2) is 28.2 Å². The molecule has 1 heterocycles. The van der Waals surface area contributed by atoms with E-state index in [9.17, 15) is 14.3 Å². The Balaban J connectivity index is 1.32. The van der Waals surface area contributed by atoms with Gasteiger partial charge in [-0.2, -0.15) is 0 Å². The third-order valence-corrected chi connectivity index (χ3v) is 8.74. The van der Waals surface area contributed by atoms with E-state index in [0.717, 1.165) is 61.2 Å². The number of carboxylic acid groups (broad SMARTS) is 1. The predicted octanol–water partition coefficient (Wildman–Crippen LogP) is 6.74. The van der Waals surface area contributed by atoms with Crippen LogP contribution in [-0.2, 0) is 11.5 Å². The maximum absolute atomic E-state index is 14.1. The number of carboxylic acids is 1. The standard InChI is InChI=1S/C28H37FN2O3/c1-2-17-6-8-21(9-7-17)34-25-12-11-24-22(23(25)16-29)10-13-26(30-24)31-27-18-4-3-5-19(27)15-20(14-18)28(32)33/h10-13,17-21,27H,2-9,14-16H2,1H3,(H,30,31)(H,32,33)/t17-,18?,19?,20?,21+,27?. The number of fused-ring (bicyclic) bond motifs is 3. The van der Waals surface area contributed by atoms with E-state index in [1.54, 1.807) is 0 Å². The van der Waals surface area contributed by atoms with E-state index < -0.39 is 12.6 Å². The zero-order chi connectivity index (χ0) is 23.7. The molecule has 1 aromatic carbocycles. The number of alkyl halides is 1. The fourth-order valence-electron chi connectivity index (χ4n) is 6.76. The largest absolute Gasteiger partial charge is 0.490 e. The molecular weight excluding hydrogens is 431 g/mol. The Bertz CT molecular complexity index is 1010. The van der Waals surface area contributed by atoms with Crippen LogP contribution < -0.4 is 10.1 Å². The van der Waals surface area contributed by atoms with Crippen LogP contribution in [0.4, 0.5) is 10.2 Å². The number of hydrogen-bond donors (Lipinski definition) is 2. The van der Waals surface area contributed by atoms with Crippen molar-refractivity contribution in [2.45, 2.75) is 90.0 Å². The highest BCUT2D eigenvalue weighted by Gasteiger charge is 2.42. The van der Waals surface area contributed by atoms with Crippen molar-refractivity contribution in [1.82, 2.24) is 4.98 Å². The van der Waals surface area contributed by atoms with Crippen molar-refractivity contribution in [3.05, 3.63) is 29.8 Å². The Morgan fingerprint density at radius 3 is 2.47 bits per heavy atom. The van der Waals surface area contributed by atoms with Crippen LogP contribution in [0, 0.1) is 23.7 Å². The van der Waals surface area contributed by atoms with Crippen LogP contribution in [0.15, 0.2) is 24.3 Å². The van der Waals surface area contributed by atoms with Gasteiger partial charge in [0.05, 0.1) is 17.5 Å². The van der Waals surface area contributed by atoms with Gasteiger partial charge in [0.1, 0.15) is 18.2 Å². The number of nitrogens with zero attached hydrogens (tertiary/aromatic N) is 1. The lowest BCUT2D eigenvalue weighted by atomic mass is 9.64. The fourth-order valence-corrected chi connectivity index (χ4v) is 6.76. The van der Waals surface area contributed by atoms with E-state index in [-0.39, 0.29) is 18.1 Å². The first-order valence-corrected chi connectivity index (χ1v) is 13.2. The van der Waals surface area contributed by atoms with Gasteiger partial charge in [-0.15, -0.1) is 0 Å². The third-order valence-electron chi connectivity index (χ3n) is 8.74. The molecule has 0 spiro atoms. The fraction of sp³-hybridized carbons (Fsp3) is 0.643. The molecule has 5 rings (SSSR count). The van der Waals surface area contributed by atoms with Crippen molar-refractivity contribution in [3.8, 4) is 5.75 Å². The van der Waals surface area contributed by atoms with E-state index in [4.69, 9.17) is 9.72 Å². The molecular formula is C28H37FN2O3. The first-order valence-electron chi connectivity index (χ1n) is 13.2. The lowest BCUT2D eigenvalue weighted by Gasteiger charge is -2.45. The highest BCUT2D eigenvalue weighted by atomic mass is 19.1. The molecule has 184 valence electrons. The van der Waals surface area contributed by atoms with Gasteiger partial charge in [-0.25, -0.2) is 9.37 Å². The van der Waals surface area contributed by atoms with Crippen LogP contribution in [0.2, 0.25) is 0 Å². The summed E-state index contributed by atoms with van der Waals surface area (Å²) < 4.78 is 20.4. The third kappa shape index (κ3) is 4.73. The molecule has 1 aromatic heterocycles. The minimum atomic E-state index is -0.658. The lowest BCUT2D eigenvalue weighted by molar-refractivity contribution is -0.144. The van der Waals surface area contributed by atoms with E-state index in [1.807, 2.05) is 24.3 Å². The highest BCUT2D eigenvalue weighted by Crippen LogP contribution is 2.44. The zero-order valence-corrected chi connectivity index (χ0v) is 20.1. The van der Waals surface area contributed by atoms with Crippen molar-refractivity contribution >= 4 is 22.7 Å². The number of aromatic nitrogens is 1. The molecule has 3 aliphatic rings. The van der Waals surface area contributed by atoms with Gasteiger partial charge in [0.25, 0.3) is 0 Å². The molecule has 3 fully saturated rings. The molecule has 3 saturated carbocycles. The van der Waals surface area contributed by atoms with Crippen molar-refractivity contribution in [1.29, 1.82) is 0 Å². The van der Waals surface area contributed by atoms with Gasteiger partial charge in [0.2, 0.25) is 0 Å². The summed E-state index contributed by atoms with van der Waals surface area (Å²) in [5.74, 6) is 2.09.